The van der Waals surface area contributed by atoms with Gasteiger partial charge in [-0.2, -0.15) is 0 Å². The molecule has 3 nitrogen and oxygen atoms in total. The Morgan fingerprint density at radius 3 is 2.75 bits per heavy atom. The first kappa shape index (κ1) is 15.2. The quantitative estimate of drug-likeness (QED) is 0.843. The van der Waals surface area contributed by atoms with Crippen molar-refractivity contribution in [1.29, 1.82) is 0 Å². The molecule has 4 heteroatoms. The molecule has 1 aromatic rings. The van der Waals surface area contributed by atoms with Crippen LogP contribution in [0.25, 0.3) is 0 Å². The molecule has 110 valence electrons. The largest absolute Gasteiger partial charge is 0.464 e. The molecule has 1 saturated carbocycles. The Balaban J connectivity index is 2.20. The Kier molecular flexibility index (Phi) is 4.92. The molecule has 1 aromatic carbocycles. The minimum atomic E-state index is -0.604. The Labute approximate surface area is 125 Å². The van der Waals surface area contributed by atoms with Crippen molar-refractivity contribution in [3.63, 3.8) is 0 Å². The highest BCUT2D eigenvalue weighted by atomic mass is 35.5. The second-order valence-electron chi connectivity index (χ2n) is 5.62. The van der Waals surface area contributed by atoms with Gasteiger partial charge in [-0.1, -0.05) is 24.6 Å². The minimum Gasteiger partial charge on any atom is -0.464 e. The molecule has 1 aliphatic carbocycles. The number of esters is 1. The maximum Gasteiger partial charge on any atom is 0.331 e. The van der Waals surface area contributed by atoms with Crippen LogP contribution >= 0.6 is 11.6 Å². The van der Waals surface area contributed by atoms with Gasteiger partial charge >= 0.3 is 5.97 Å². The van der Waals surface area contributed by atoms with Crippen molar-refractivity contribution >= 4 is 23.3 Å². The normalized spacial score (nSPS) is 26.1. The maximum atomic E-state index is 12.4. The number of ether oxygens (including phenoxy) is 1. The number of carbonyl (C=O) groups is 1. The summed E-state index contributed by atoms with van der Waals surface area (Å²) >= 11 is 6.02. The molecule has 0 spiro atoms. The summed E-state index contributed by atoms with van der Waals surface area (Å²) < 4.78 is 5.29. The monoisotopic (exact) mass is 295 g/mol. The molecule has 0 radical (unpaired) electrons. The van der Waals surface area contributed by atoms with Gasteiger partial charge in [0.1, 0.15) is 5.54 Å². The van der Waals surface area contributed by atoms with Gasteiger partial charge in [-0.05, 0) is 56.7 Å². The van der Waals surface area contributed by atoms with Crippen molar-refractivity contribution in [2.45, 2.75) is 45.1 Å². The van der Waals surface area contributed by atoms with Crippen molar-refractivity contribution in [1.82, 2.24) is 0 Å². The molecule has 0 heterocycles. The minimum absolute atomic E-state index is 0.146. The van der Waals surface area contributed by atoms with Gasteiger partial charge in [0.15, 0.2) is 0 Å². The molecule has 2 rings (SSSR count). The summed E-state index contributed by atoms with van der Waals surface area (Å²) in [6, 6.07) is 7.49. The summed E-state index contributed by atoms with van der Waals surface area (Å²) in [5, 5.41) is 4.05. The van der Waals surface area contributed by atoms with Crippen LogP contribution in [-0.2, 0) is 9.53 Å². The average Bonchev–Trinajstić information content (AvgIpc) is 2.42. The molecule has 0 aliphatic heterocycles. The number of benzene rings is 1. The number of rotatable bonds is 4. The van der Waals surface area contributed by atoms with E-state index in [4.69, 9.17) is 16.3 Å². The van der Waals surface area contributed by atoms with E-state index in [0.717, 1.165) is 31.4 Å². The molecule has 20 heavy (non-hydrogen) atoms. The average molecular weight is 296 g/mol. The number of nitrogens with one attached hydrogen (secondary N) is 1. The van der Waals surface area contributed by atoms with E-state index in [0.29, 0.717) is 17.5 Å². The van der Waals surface area contributed by atoms with Crippen molar-refractivity contribution in [2.24, 2.45) is 5.92 Å². The van der Waals surface area contributed by atoms with Crippen LogP contribution in [0.3, 0.4) is 0 Å². The van der Waals surface area contributed by atoms with Crippen molar-refractivity contribution < 1.29 is 9.53 Å². The number of hydrogen-bond acceptors (Lipinski definition) is 3. The van der Waals surface area contributed by atoms with Gasteiger partial charge in [-0.15, -0.1) is 0 Å². The smallest absolute Gasteiger partial charge is 0.331 e. The van der Waals surface area contributed by atoms with Gasteiger partial charge in [-0.3, -0.25) is 0 Å². The van der Waals surface area contributed by atoms with E-state index in [1.165, 1.54) is 0 Å². The lowest BCUT2D eigenvalue weighted by molar-refractivity contribution is -0.150. The Hall–Kier alpha value is -1.22. The van der Waals surface area contributed by atoms with Gasteiger partial charge < -0.3 is 10.1 Å². The standard InChI is InChI=1S/C16H22ClNO2/c1-3-20-15(19)16(9-7-12(2)8-10-16)18-14-6-4-5-13(17)11-14/h4-6,11-12,18H,3,7-10H2,1-2H3. The SMILES string of the molecule is CCOC(=O)C1(Nc2cccc(Cl)c2)CCC(C)CC1. The fourth-order valence-electron chi connectivity index (χ4n) is 2.75. The summed E-state index contributed by atoms with van der Waals surface area (Å²) in [6.07, 6.45) is 3.68. The topological polar surface area (TPSA) is 38.3 Å². The second-order valence-corrected chi connectivity index (χ2v) is 6.06. The van der Waals surface area contributed by atoms with E-state index in [2.05, 4.69) is 12.2 Å². The molecular formula is C16H22ClNO2. The highest BCUT2D eigenvalue weighted by Gasteiger charge is 2.42. The van der Waals surface area contributed by atoms with Crippen molar-refractivity contribution in [2.75, 3.05) is 11.9 Å². The van der Waals surface area contributed by atoms with Crippen LogP contribution in [0.4, 0.5) is 5.69 Å². The molecule has 0 saturated heterocycles. The predicted molar refractivity (Wildman–Crippen MR) is 82.1 cm³/mol. The number of carbonyl (C=O) groups excluding carboxylic acids is 1. The number of halogens is 1. The Bertz CT molecular complexity index is 467. The molecule has 1 N–H and O–H groups in total. The lowest BCUT2D eigenvalue weighted by Gasteiger charge is -2.38. The fraction of sp³-hybridized carbons (Fsp3) is 0.562. The number of anilines is 1. The van der Waals surface area contributed by atoms with Crippen LogP contribution in [0, 0.1) is 5.92 Å². The first-order valence-corrected chi connectivity index (χ1v) is 7.64. The molecule has 0 unspecified atom stereocenters. The van der Waals surface area contributed by atoms with E-state index < -0.39 is 5.54 Å². The fourth-order valence-corrected chi connectivity index (χ4v) is 2.94. The van der Waals surface area contributed by atoms with Crippen LogP contribution in [0.5, 0.6) is 0 Å². The van der Waals surface area contributed by atoms with Crippen LogP contribution in [0.15, 0.2) is 24.3 Å². The van der Waals surface area contributed by atoms with E-state index >= 15 is 0 Å². The van der Waals surface area contributed by atoms with Crippen molar-refractivity contribution in [3.05, 3.63) is 29.3 Å². The predicted octanol–water partition coefficient (Wildman–Crippen LogP) is 4.26. The summed E-state index contributed by atoms with van der Waals surface area (Å²) in [4.78, 5) is 12.4. The van der Waals surface area contributed by atoms with Gasteiger partial charge in [-0.25, -0.2) is 4.79 Å². The van der Waals surface area contributed by atoms with E-state index in [1.807, 2.05) is 31.2 Å². The van der Waals surface area contributed by atoms with Crippen LogP contribution in [0.2, 0.25) is 5.02 Å². The lowest BCUT2D eigenvalue weighted by Crippen LogP contribution is -2.50. The van der Waals surface area contributed by atoms with Gasteiger partial charge in [0, 0.05) is 10.7 Å². The second kappa shape index (κ2) is 6.49. The zero-order valence-corrected chi connectivity index (χ0v) is 12.9. The van der Waals surface area contributed by atoms with Crippen LogP contribution in [-0.4, -0.2) is 18.1 Å². The van der Waals surface area contributed by atoms with Gasteiger partial charge in [0.05, 0.1) is 6.61 Å². The highest BCUT2D eigenvalue weighted by molar-refractivity contribution is 6.30. The summed E-state index contributed by atoms with van der Waals surface area (Å²) in [6.45, 7) is 4.48. The van der Waals surface area contributed by atoms with Crippen LogP contribution < -0.4 is 5.32 Å². The van der Waals surface area contributed by atoms with Crippen LogP contribution in [0.1, 0.15) is 39.5 Å². The Morgan fingerprint density at radius 1 is 1.45 bits per heavy atom. The van der Waals surface area contributed by atoms with E-state index in [-0.39, 0.29) is 5.97 Å². The van der Waals surface area contributed by atoms with Gasteiger partial charge in [0.2, 0.25) is 0 Å². The molecule has 0 aromatic heterocycles. The van der Waals surface area contributed by atoms with E-state index in [9.17, 15) is 4.79 Å². The highest BCUT2D eigenvalue weighted by Crippen LogP contribution is 2.36. The maximum absolute atomic E-state index is 12.4. The molecule has 0 amide bonds. The van der Waals surface area contributed by atoms with Crippen molar-refractivity contribution in [3.8, 4) is 0 Å². The molecule has 1 aliphatic rings. The molecule has 0 bridgehead atoms. The lowest BCUT2D eigenvalue weighted by atomic mass is 9.77. The molecule has 1 fully saturated rings. The zero-order chi connectivity index (χ0) is 14.6. The third kappa shape index (κ3) is 3.45. The third-order valence-electron chi connectivity index (χ3n) is 4.00. The third-order valence-corrected chi connectivity index (χ3v) is 4.24. The molecule has 0 atom stereocenters. The zero-order valence-electron chi connectivity index (χ0n) is 12.1. The first-order chi connectivity index (χ1) is 9.55. The first-order valence-electron chi connectivity index (χ1n) is 7.27. The number of hydrogen-bond donors (Lipinski definition) is 1. The van der Waals surface area contributed by atoms with E-state index in [1.54, 1.807) is 0 Å². The summed E-state index contributed by atoms with van der Waals surface area (Å²) in [5.74, 6) is 0.519. The summed E-state index contributed by atoms with van der Waals surface area (Å²) in [5.41, 5.74) is 0.271. The van der Waals surface area contributed by atoms with Gasteiger partial charge in [0.25, 0.3) is 0 Å². The summed E-state index contributed by atoms with van der Waals surface area (Å²) in [7, 11) is 0. The Morgan fingerprint density at radius 2 is 2.15 bits per heavy atom. The molecular weight excluding hydrogens is 274 g/mol.